The molecule has 0 saturated carbocycles. The Morgan fingerprint density at radius 3 is 1.88 bits per heavy atom. The van der Waals surface area contributed by atoms with Gasteiger partial charge in [0.15, 0.2) is 0 Å². The summed E-state index contributed by atoms with van der Waals surface area (Å²) in [6.45, 7) is 9.59. The molecule has 0 saturated heterocycles. The van der Waals surface area contributed by atoms with Crippen LogP contribution in [-0.4, -0.2) is 69.7 Å². The van der Waals surface area contributed by atoms with E-state index in [4.69, 9.17) is 23.3 Å². The van der Waals surface area contributed by atoms with Gasteiger partial charge >= 0.3 is 7.82 Å². The molecule has 0 bridgehead atoms. The lowest BCUT2D eigenvalue weighted by Gasteiger charge is -2.14. The van der Waals surface area contributed by atoms with Crippen LogP contribution in [0.4, 0.5) is 0 Å². The molecule has 0 aliphatic carbocycles. The minimum atomic E-state index is -3.99. The summed E-state index contributed by atoms with van der Waals surface area (Å²) in [6.07, 6.45) is -0.390. The molecule has 1 atom stereocenters. The summed E-state index contributed by atoms with van der Waals surface area (Å²) < 4.78 is 36.6. The first kappa shape index (κ1) is 24.5. The monoisotopic (exact) mass is 385 g/mol. The summed E-state index contributed by atoms with van der Waals surface area (Å²) in [7, 11) is -3.99. The molecule has 0 fully saturated rings. The number of hydrogen-bond donors (Lipinski definition) is 2. The lowest BCUT2D eigenvalue weighted by atomic mass is 10.2. The van der Waals surface area contributed by atoms with Crippen molar-refractivity contribution in [3.05, 3.63) is 0 Å². The van der Waals surface area contributed by atoms with Crippen LogP contribution in [0.1, 0.15) is 27.7 Å². The molecule has 150 valence electrons. The molecule has 10 heteroatoms. The van der Waals surface area contributed by atoms with Gasteiger partial charge in [0.05, 0.1) is 52.4 Å². The second kappa shape index (κ2) is 14.6. The zero-order chi connectivity index (χ0) is 19.1. The number of ether oxygens (including phenoxy) is 3. The first-order valence-electron chi connectivity index (χ1n) is 8.41. The summed E-state index contributed by atoms with van der Waals surface area (Å²) in [5.74, 6) is -0.0184. The van der Waals surface area contributed by atoms with Gasteiger partial charge in [-0.3, -0.25) is 13.8 Å². The SMILES string of the molecule is CC(C)OP(=O)(O)OCCOCCOCCOCCNC(=O)C(C)C. The van der Waals surface area contributed by atoms with E-state index in [9.17, 15) is 14.3 Å². The zero-order valence-electron chi connectivity index (χ0n) is 15.6. The molecule has 0 radical (unpaired) electrons. The molecule has 9 nitrogen and oxygen atoms in total. The number of carbonyl (C=O) groups is 1. The van der Waals surface area contributed by atoms with E-state index in [1.54, 1.807) is 13.8 Å². The number of phosphoric acid groups is 1. The number of amides is 1. The summed E-state index contributed by atoms with van der Waals surface area (Å²) in [6, 6.07) is 0. The van der Waals surface area contributed by atoms with E-state index in [0.717, 1.165) is 0 Å². The number of rotatable bonds is 16. The minimum absolute atomic E-state index is 0.00861. The van der Waals surface area contributed by atoms with Gasteiger partial charge in [-0.1, -0.05) is 13.8 Å². The number of hydrogen-bond acceptors (Lipinski definition) is 7. The van der Waals surface area contributed by atoms with Crippen LogP contribution in [0.3, 0.4) is 0 Å². The van der Waals surface area contributed by atoms with Crippen molar-refractivity contribution < 1.29 is 37.5 Å². The molecule has 1 amide bonds. The standard InChI is InChI=1S/C15H32NO8P/c1-13(2)15(17)16-5-6-20-7-8-21-9-10-22-11-12-23-25(18,19)24-14(3)4/h13-14H,5-12H2,1-4H3,(H,16,17)(H,18,19). The van der Waals surface area contributed by atoms with Gasteiger partial charge in [0, 0.05) is 12.5 Å². The Morgan fingerprint density at radius 2 is 1.40 bits per heavy atom. The van der Waals surface area contributed by atoms with Crippen LogP contribution in [-0.2, 0) is 32.6 Å². The van der Waals surface area contributed by atoms with Crippen LogP contribution >= 0.6 is 7.82 Å². The van der Waals surface area contributed by atoms with E-state index in [2.05, 4.69) is 5.32 Å². The zero-order valence-corrected chi connectivity index (χ0v) is 16.5. The second-order valence-corrected chi connectivity index (χ2v) is 7.14. The van der Waals surface area contributed by atoms with Crippen LogP contribution in [0, 0.1) is 5.92 Å². The molecule has 0 aromatic heterocycles. The Kier molecular flexibility index (Phi) is 14.3. The van der Waals surface area contributed by atoms with Gasteiger partial charge in [-0.05, 0) is 13.8 Å². The Bertz CT molecular complexity index is 392. The van der Waals surface area contributed by atoms with Crippen molar-refractivity contribution in [1.82, 2.24) is 5.32 Å². The third-order valence-corrected chi connectivity index (χ3v) is 3.84. The van der Waals surface area contributed by atoms with Crippen molar-refractivity contribution in [3.8, 4) is 0 Å². The minimum Gasteiger partial charge on any atom is -0.377 e. The molecule has 0 aromatic rings. The van der Waals surface area contributed by atoms with Crippen LogP contribution in [0.15, 0.2) is 0 Å². The average Bonchev–Trinajstić information content (AvgIpc) is 2.50. The quantitative estimate of drug-likeness (QED) is 0.302. The summed E-state index contributed by atoms with van der Waals surface area (Å²) in [4.78, 5) is 20.6. The fourth-order valence-corrected chi connectivity index (χ4v) is 2.40. The molecule has 25 heavy (non-hydrogen) atoms. The van der Waals surface area contributed by atoms with Gasteiger partial charge in [0.2, 0.25) is 5.91 Å². The topological polar surface area (TPSA) is 113 Å². The summed E-state index contributed by atoms with van der Waals surface area (Å²) in [5, 5.41) is 2.75. The van der Waals surface area contributed by atoms with Crippen LogP contribution in [0.5, 0.6) is 0 Å². The maximum absolute atomic E-state index is 11.4. The molecular weight excluding hydrogens is 353 g/mol. The summed E-state index contributed by atoms with van der Waals surface area (Å²) in [5.41, 5.74) is 0. The molecule has 0 aliphatic heterocycles. The van der Waals surface area contributed by atoms with Gasteiger partial charge in [0.25, 0.3) is 0 Å². The van der Waals surface area contributed by atoms with Crippen molar-refractivity contribution in [1.29, 1.82) is 0 Å². The average molecular weight is 385 g/mol. The van der Waals surface area contributed by atoms with Crippen molar-refractivity contribution in [2.45, 2.75) is 33.8 Å². The van der Waals surface area contributed by atoms with Gasteiger partial charge in [-0.15, -0.1) is 0 Å². The van der Waals surface area contributed by atoms with E-state index in [-0.39, 0.29) is 31.1 Å². The number of nitrogens with one attached hydrogen (secondary N) is 1. The molecular formula is C15H32NO8P. The van der Waals surface area contributed by atoms with E-state index in [1.807, 2.05) is 13.8 Å². The fourth-order valence-electron chi connectivity index (χ4n) is 1.50. The molecule has 0 aliphatic rings. The normalized spacial score (nSPS) is 14.0. The molecule has 0 spiro atoms. The fraction of sp³-hybridized carbons (Fsp3) is 0.933. The smallest absolute Gasteiger partial charge is 0.377 e. The lowest BCUT2D eigenvalue weighted by molar-refractivity contribution is -0.124. The summed E-state index contributed by atoms with van der Waals surface area (Å²) >= 11 is 0. The predicted molar refractivity (Wildman–Crippen MR) is 92.3 cm³/mol. The van der Waals surface area contributed by atoms with Gasteiger partial charge < -0.3 is 24.4 Å². The maximum Gasteiger partial charge on any atom is 0.472 e. The first-order chi connectivity index (χ1) is 11.7. The predicted octanol–water partition coefficient (Wildman–Crippen LogP) is 1.35. The lowest BCUT2D eigenvalue weighted by Crippen LogP contribution is -2.31. The van der Waals surface area contributed by atoms with Crippen LogP contribution in [0.25, 0.3) is 0 Å². The third-order valence-electron chi connectivity index (χ3n) is 2.64. The van der Waals surface area contributed by atoms with Crippen LogP contribution in [0.2, 0.25) is 0 Å². The van der Waals surface area contributed by atoms with Crippen molar-refractivity contribution in [2.75, 3.05) is 52.8 Å². The molecule has 1 unspecified atom stereocenters. The second-order valence-electron chi connectivity index (χ2n) is 5.74. The van der Waals surface area contributed by atoms with Crippen molar-refractivity contribution >= 4 is 13.7 Å². The highest BCUT2D eigenvalue weighted by molar-refractivity contribution is 7.47. The largest absolute Gasteiger partial charge is 0.472 e. The van der Waals surface area contributed by atoms with Crippen molar-refractivity contribution in [3.63, 3.8) is 0 Å². The molecule has 2 N–H and O–H groups in total. The molecule has 0 rings (SSSR count). The molecule has 0 aromatic carbocycles. The van der Waals surface area contributed by atoms with Gasteiger partial charge in [-0.2, -0.15) is 0 Å². The highest BCUT2D eigenvalue weighted by Crippen LogP contribution is 2.44. The number of carbonyl (C=O) groups excluding carboxylic acids is 1. The van der Waals surface area contributed by atoms with E-state index in [0.29, 0.717) is 39.6 Å². The highest BCUT2D eigenvalue weighted by Gasteiger charge is 2.22. The van der Waals surface area contributed by atoms with Gasteiger partial charge in [0.1, 0.15) is 0 Å². The van der Waals surface area contributed by atoms with Gasteiger partial charge in [-0.25, -0.2) is 4.57 Å². The maximum atomic E-state index is 11.4. The Morgan fingerprint density at radius 1 is 0.920 bits per heavy atom. The van der Waals surface area contributed by atoms with Crippen molar-refractivity contribution in [2.24, 2.45) is 5.92 Å². The Hall–Kier alpha value is -0.540. The Labute approximate surface area is 149 Å². The number of phosphoric ester groups is 1. The molecule has 0 heterocycles. The Balaban J connectivity index is 3.29. The van der Waals surface area contributed by atoms with Crippen LogP contribution < -0.4 is 5.32 Å². The van der Waals surface area contributed by atoms with E-state index < -0.39 is 7.82 Å². The first-order valence-corrected chi connectivity index (χ1v) is 9.91. The van der Waals surface area contributed by atoms with E-state index in [1.165, 1.54) is 0 Å². The highest BCUT2D eigenvalue weighted by atomic mass is 31.2. The third kappa shape index (κ3) is 16.7. The van der Waals surface area contributed by atoms with E-state index >= 15 is 0 Å².